The Bertz CT molecular complexity index is 1690. The van der Waals surface area contributed by atoms with Crippen molar-refractivity contribution in [3.63, 3.8) is 0 Å². The summed E-state index contributed by atoms with van der Waals surface area (Å²) in [5.74, 6) is -0.105. The van der Waals surface area contributed by atoms with E-state index in [2.05, 4.69) is 37.1 Å². The lowest BCUT2D eigenvalue weighted by Gasteiger charge is -2.32. The minimum Gasteiger partial charge on any atom is -0.360 e. The minimum atomic E-state index is -0.360. The Hall–Kier alpha value is -4.73. The number of benzene rings is 2. The summed E-state index contributed by atoms with van der Waals surface area (Å²) >= 11 is 0. The Kier molecular flexibility index (Phi) is 7.85. The third-order valence-corrected chi connectivity index (χ3v) is 7.65. The largest absolute Gasteiger partial charge is 0.360 e. The highest BCUT2D eigenvalue weighted by Crippen LogP contribution is 2.33. The van der Waals surface area contributed by atoms with Gasteiger partial charge in [0.2, 0.25) is 0 Å². The number of nitrogens with one attached hydrogen (secondary N) is 2. The third kappa shape index (κ3) is 5.97. The molecule has 0 aliphatic carbocycles. The second-order valence-electron chi connectivity index (χ2n) is 10.6. The summed E-state index contributed by atoms with van der Waals surface area (Å²) < 4.78 is 14.9. The van der Waals surface area contributed by atoms with Crippen LogP contribution in [0.5, 0.6) is 0 Å². The second kappa shape index (κ2) is 12.0. The number of amides is 1. The summed E-state index contributed by atoms with van der Waals surface area (Å²) in [7, 11) is 2.09. The number of hydrogen-bond donors (Lipinski definition) is 2. The van der Waals surface area contributed by atoms with Gasteiger partial charge in [0, 0.05) is 85.5 Å². The summed E-state index contributed by atoms with van der Waals surface area (Å²) in [5, 5.41) is 2.88. The van der Waals surface area contributed by atoms with Gasteiger partial charge in [0.15, 0.2) is 5.82 Å². The van der Waals surface area contributed by atoms with Crippen LogP contribution in [0.25, 0.3) is 33.9 Å². The molecule has 6 rings (SSSR count). The van der Waals surface area contributed by atoms with Crippen molar-refractivity contribution in [2.75, 3.05) is 38.5 Å². The molecule has 0 radical (unpaired) electrons. The molecule has 1 aliphatic heterocycles. The number of nitrogens with zero attached hydrogens (tertiary/aromatic N) is 5. The van der Waals surface area contributed by atoms with Gasteiger partial charge >= 0.3 is 0 Å². The molecule has 3 aromatic heterocycles. The molecule has 1 saturated heterocycles. The Morgan fingerprint density at radius 2 is 1.81 bits per heavy atom. The fourth-order valence-electron chi connectivity index (χ4n) is 5.18. The van der Waals surface area contributed by atoms with Crippen LogP contribution in [0.1, 0.15) is 21.5 Å². The lowest BCUT2D eigenvalue weighted by atomic mass is 10.0. The molecule has 212 valence electrons. The predicted molar refractivity (Wildman–Crippen MR) is 162 cm³/mol. The van der Waals surface area contributed by atoms with E-state index in [1.54, 1.807) is 30.7 Å². The van der Waals surface area contributed by atoms with Crippen LogP contribution in [-0.4, -0.2) is 68.9 Å². The van der Waals surface area contributed by atoms with Gasteiger partial charge in [-0.3, -0.25) is 14.7 Å². The number of pyridine rings is 1. The van der Waals surface area contributed by atoms with E-state index in [0.29, 0.717) is 23.6 Å². The first kappa shape index (κ1) is 27.4. The van der Waals surface area contributed by atoms with Crippen LogP contribution in [-0.2, 0) is 6.54 Å². The van der Waals surface area contributed by atoms with Crippen LogP contribution in [0.2, 0.25) is 0 Å². The maximum atomic E-state index is 14.9. The van der Waals surface area contributed by atoms with Crippen molar-refractivity contribution < 1.29 is 9.18 Å². The third-order valence-electron chi connectivity index (χ3n) is 7.65. The van der Waals surface area contributed by atoms with Gasteiger partial charge in [0.05, 0.1) is 11.4 Å². The van der Waals surface area contributed by atoms with Gasteiger partial charge in [-0.05, 0) is 67.6 Å². The highest BCUT2D eigenvalue weighted by atomic mass is 19.1. The Morgan fingerprint density at radius 1 is 1.00 bits per heavy atom. The van der Waals surface area contributed by atoms with Crippen LogP contribution in [0.3, 0.4) is 0 Å². The molecule has 9 heteroatoms. The highest BCUT2D eigenvalue weighted by Gasteiger charge is 2.18. The SMILES string of the molecule is Cc1c[nH]c(-c2ccc(NC(=O)c3ccc(CN4CCN(C)CC4)c(F)c3)cc2)c1-c1nccc(-c2cccnc2)n1. The van der Waals surface area contributed by atoms with E-state index < -0.39 is 0 Å². The molecular formula is C33H32FN7O. The Morgan fingerprint density at radius 3 is 2.55 bits per heavy atom. The number of carbonyl (C=O) groups excluding carboxylic acids is 1. The first-order valence-corrected chi connectivity index (χ1v) is 14.0. The van der Waals surface area contributed by atoms with Crippen LogP contribution >= 0.6 is 0 Å². The standard InChI is InChI=1S/C33H32FN7O/c1-22-19-37-31(30(22)32-36-13-11-29(39-32)25-4-3-12-35-20-25)23-7-9-27(10-8-23)38-33(42)24-5-6-26(28(34)18-24)21-41-16-14-40(2)15-17-41/h3-13,18-20,37H,14-17,21H2,1-2H3,(H,38,42). The number of piperazine rings is 1. The number of rotatable bonds is 7. The highest BCUT2D eigenvalue weighted by molar-refractivity contribution is 6.04. The van der Waals surface area contributed by atoms with Crippen molar-refractivity contribution in [3.05, 3.63) is 108 Å². The van der Waals surface area contributed by atoms with Crippen LogP contribution < -0.4 is 5.32 Å². The number of halogens is 1. The average molecular weight is 562 g/mol. The van der Waals surface area contributed by atoms with Crippen molar-refractivity contribution in [1.82, 2.24) is 29.7 Å². The molecule has 0 spiro atoms. The van der Waals surface area contributed by atoms with E-state index in [1.807, 2.05) is 55.6 Å². The summed E-state index contributed by atoms with van der Waals surface area (Å²) in [6.07, 6.45) is 7.20. The quantitative estimate of drug-likeness (QED) is 0.267. The van der Waals surface area contributed by atoms with Crippen molar-refractivity contribution in [1.29, 1.82) is 0 Å². The smallest absolute Gasteiger partial charge is 0.255 e. The molecule has 42 heavy (non-hydrogen) atoms. The first-order valence-electron chi connectivity index (χ1n) is 14.0. The zero-order valence-electron chi connectivity index (χ0n) is 23.6. The van der Waals surface area contributed by atoms with Crippen molar-refractivity contribution in [2.45, 2.75) is 13.5 Å². The van der Waals surface area contributed by atoms with Crippen LogP contribution in [0.15, 0.2) is 85.5 Å². The summed E-state index contributed by atoms with van der Waals surface area (Å²) in [5.41, 5.74) is 6.94. The van der Waals surface area contributed by atoms with Gasteiger partial charge < -0.3 is 15.2 Å². The van der Waals surface area contributed by atoms with E-state index >= 15 is 0 Å². The van der Waals surface area contributed by atoms with E-state index in [-0.39, 0.29) is 17.3 Å². The molecule has 0 bridgehead atoms. The molecular weight excluding hydrogens is 529 g/mol. The average Bonchev–Trinajstić information content (AvgIpc) is 3.41. The van der Waals surface area contributed by atoms with Gasteiger partial charge in [-0.2, -0.15) is 0 Å². The molecule has 8 nitrogen and oxygen atoms in total. The number of aryl methyl sites for hydroxylation is 1. The Balaban J connectivity index is 1.16. The number of anilines is 1. The van der Waals surface area contributed by atoms with Gasteiger partial charge in [0.25, 0.3) is 5.91 Å². The van der Waals surface area contributed by atoms with Crippen molar-refractivity contribution >= 4 is 11.6 Å². The number of carbonyl (C=O) groups is 1. The second-order valence-corrected chi connectivity index (χ2v) is 10.6. The molecule has 1 amide bonds. The fraction of sp³-hybridized carbons (Fsp3) is 0.212. The monoisotopic (exact) mass is 561 g/mol. The van der Waals surface area contributed by atoms with Crippen molar-refractivity contribution in [2.24, 2.45) is 0 Å². The van der Waals surface area contributed by atoms with Crippen LogP contribution in [0, 0.1) is 12.7 Å². The van der Waals surface area contributed by atoms with Gasteiger partial charge in [-0.15, -0.1) is 0 Å². The number of hydrogen-bond acceptors (Lipinski definition) is 6. The molecule has 1 fully saturated rings. The molecule has 4 heterocycles. The zero-order valence-corrected chi connectivity index (χ0v) is 23.6. The molecule has 0 saturated carbocycles. The first-order chi connectivity index (χ1) is 20.4. The molecule has 0 atom stereocenters. The molecule has 2 aromatic carbocycles. The fourth-order valence-corrected chi connectivity index (χ4v) is 5.18. The normalized spacial score (nSPS) is 14.2. The zero-order chi connectivity index (χ0) is 29.1. The van der Waals surface area contributed by atoms with Crippen molar-refractivity contribution in [3.8, 4) is 33.9 Å². The number of aromatic amines is 1. The van der Waals surface area contributed by atoms with E-state index in [4.69, 9.17) is 4.98 Å². The summed E-state index contributed by atoms with van der Waals surface area (Å²) in [6.45, 7) is 6.31. The number of aromatic nitrogens is 4. The molecule has 0 unspecified atom stereocenters. The summed E-state index contributed by atoms with van der Waals surface area (Å²) in [4.78, 5) is 34.3. The molecule has 1 aliphatic rings. The van der Waals surface area contributed by atoms with Gasteiger partial charge in [-0.1, -0.05) is 18.2 Å². The minimum absolute atomic E-state index is 0.284. The lowest BCUT2D eigenvalue weighted by molar-refractivity contribution is 0.102. The Labute approximate surface area is 244 Å². The van der Waals surface area contributed by atoms with Crippen LogP contribution in [0.4, 0.5) is 10.1 Å². The molecule has 5 aromatic rings. The maximum Gasteiger partial charge on any atom is 0.255 e. The summed E-state index contributed by atoms with van der Waals surface area (Å²) in [6, 6.07) is 18.0. The van der Waals surface area contributed by atoms with Gasteiger partial charge in [-0.25, -0.2) is 14.4 Å². The predicted octanol–water partition coefficient (Wildman–Crippen LogP) is 5.65. The number of likely N-dealkylation sites (N-methyl/N-ethyl adjacent to an activating group) is 1. The number of H-pyrrole nitrogens is 1. The lowest BCUT2D eigenvalue weighted by Crippen LogP contribution is -2.44. The van der Waals surface area contributed by atoms with E-state index in [0.717, 1.165) is 59.8 Å². The van der Waals surface area contributed by atoms with E-state index in [1.165, 1.54) is 6.07 Å². The molecule has 2 N–H and O–H groups in total. The van der Waals surface area contributed by atoms with Gasteiger partial charge in [0.1, 0.15) is 5.82 Å². The van der Waals surface area contributed by atoms with E-state index in [9.17, 15) is 9.18 Å². The maximum absolute atomic E-state index is 14.9. The topological polar surface area (TPSA) is 90.0 Å².